The van der Waals surface area contributed by atoms with Crippen LogP contribution >= 0.6 is 0 Å². The summed E-state index contributed by atoms with van der Waals surface area (Å²) in [6.45, 7) is 0.429. The minimum Gasteiger partial charge on any atom is -0.550 e. The van der Waals surface area contributed by atoms with Crippen molar-refractivity contribution in [3.63, 3.8) is 0 Å². The van der Waals surface area contributed by atoms with E-state index in [1.807, 2.05) is 0 Å². The van der Waals surface area contributed by atoms with Gasteiger partial charge in [-0.05, 0) is 37.1 Å². The minimum absolute atomic E-state index is 0. The SMILES string of the molecule is NC1=NC2=NCC(CNc3ccc(C(=O)N[C@@H](CCC(=O)[O-])C(=O)[O-])cc3)N(C=O)C2C(=O)N1.O.[Ca+2]. The zero-order chi connectivity index (χ0) is 24.8. The number of aliphatic carboxylic acids is 2. The molecule has 3 amide bonds. The monoisotopic (exact) mass is 529 g/mol. The van der Waals surface area contributed by atoms with Crippen LogP contribution in [-0.4, -0.2) is 121 Å². The first-order chi connectivity index (χ1) is 16.2. The fraction of sp³-hybridized carbons (Fsp3) is 0.350. The van der Waals surface area contributed by atoms with E-state index >= 15 is 0 Å². The van der Waals surface area contributed by atoms with Gasteiger partial charge in [0.15, 0.2) is 11.9 Å². The number of hydrogen-bond donors (Lipinski definition) is 4. The van der Waals surface area contributed by atoms with E-state index in [4.69, 9.17) is 5.73 Å². The van der Waals surface area contributed by atoms with E-state index in [2.05, 4.69) is 25.9 Å². The first-order valence-corrected chi connectivity index (χ1v) is 10.2. The van der Waals surface area contributed by atoms with Crippen LogP contribution in [0.3, 0.4) is 0 Å². The Labute approximate surface area is 234 Å². The third kappa shape index (κ3) is 7.61. The number of benzene rings is 1. The average Bonchev–Trinajstić information content (AvgIpc) is 2.79. The number of amides is 3. The van der Waals surface area contributed by atoms with Crippen LogP contribution in [0.15, 0.2) is 34.3 Å². The molecule has 2 aliphatic rings. The summed E-state index contributed by atoms with van der Waals surface area (Å²) in [7, 11) is 0. The van der Waals surface area contributed by atoms with Gasteiger partial charge in [-0.25, -0.2) is 0 Å². The second kappa shape index (κ2) is 13.7. The van der Waals surface area contributed by atoms with Gasteiger partial charge in [-0.2, -0.15) is 4.99 Å². The van der Waals surface area contributed by atoms with Crippen molar-refractivity contribution in [3.05, 3.63) is 29.8 Å². The number of aliphatic imine (C=N–C) groups is 2. The molecular formula is C20H23CaN7O8. The van der Waals surface area contributed by atoms with Crippen LogP contribution in [0.1, 0.15) is 23.2 Å². The summed E-state index contributed by atoms with van der Waals surface area (Å²) in [6, 6.07) is 3.07. The van der Waals surface area contributed by atoms with Gasteiger partial charge < -0.3 is 46.5 Å². The largest absolute Gasteiger partial charge is 2.00 e. The molecule has 1 aromatic rings. The fourth-order valence-corrected chi connectivity index (χ4v) is 3.46. The Morgan fingerprint density at radius 3 is 2.50 bits per heavy atom. The Balaban J connectivity index is 0.00000324. The Hall–Kier alpha value is -3.27. The summed E-state index contributed by atoms with van der Waals surface area (Å²) in [5.41, 5.74) is 6.25. The third-order valence-corrected chi connectivity index (χ3v) is 5.20. The molecule has 7 N–H and O–H groups in total. The summed E-state index contributed by atoms with van der Waals surface area (Å²) < 4.78 is 0. The van der Waals surface area contributed by atoms with Gasteiger partial charge in [-0.3, -0.25) is 24.7 Å². The van der Waals surface area contributed by atoms with Gasteiger partial charge in [0, 0.05) is 23.8 Å². The summed E-state index contributed by atoms with van der Waals surface area (Å²) >= 11 is 0. The molecule has 0 aliphatic carbocycles. The molecule has 3 atom stereocenters. The average molecular weight is 530 g/mol. The van der Waals surface area contributed by atoms with E-state index in [9.17, 15) is 34.2 Å². The number of fused-ring (bicyclic) bond motifs is 1. The molecule has 0 aromatic heterocycles. The van der Waals surface area contributed by atoms with Crippen molar-refractivity contribution in [2.24, 2.45) is 15.7 Å². The van der Waals surface area contributed by atoms with Gasteiger partial charge in [-0.1, -0.05) is 0 Å². The van der Waals surface area contributed by atoms with E-state index in [0.29, 0.717) is 12.1 Å². The van der Waals surface area contributed by atoms with Gasteiger partial charge in [0.05, 0.1) is 24.6 Å². The number of rotatable bonds is 10. The smallest absolute Gasteiger partial charge is 0.550 e. The molecule has 2 unspecified atom stereocenters. The third-order valence-electron chi connectivity index (χ3n) is 5.20. The van der Waals surface area contributed by atoms with Gasteiger partial charge >= 0.3 is 37.7 Å². The number of amidine groups is 1. The zero-order valence-corrected chi connectivity index (χ0v) is 21.1. The van der Waals surface area contributed by atoms with Gasteiger partial charge in [-0.15, -0.1) is 0 Å². The number of carboxylic acid groups (broad SMARTS) is 2. The normalized spacial score (nSPS) is 19.0. The van der Waals surface area contributed by atoms with E-state index in [1.165, 1.54) is 17.0 Å². The molecule has 0 fully saturated rings. The predicted octanol–water partition coefficient (Wildman–Crippen LogP) is -5.68. The van der Waals surface area contributed by atoms with E-state index < -0.39 is 48.3 Å². The van der Waals surface area contributed by atoms with Crippen molar-refractivity contribution >= 4 is 85.4 Å². The molecule has 188 valence electrons. The molecule has 36 heavy (non-hydrogen) atoms. The first kappa shape index (κ1) is 30.8. The molecule has 16 heteroatoms. The van der Waals surface area contributed by atoms with Crippen LogP contribution in [0.2, 0.25) is 0 Å². The Bertz CT molecular complexity index is 1060. The van der Waals surface area contributed by atoms with Crippen LogP contribution in [0.4, 0.5) is 5.69 Å². The molecule has 3 rings (SSSR count). The molecule has 2 heterocycles. The fourth-order valence-electron chi connectivity index (χ4n) is 3.46. The molecule has 15 nitrogen and oxygen atoms in total. The molecule has 0 spiro atoms. The van der Waals surface area contributed by atoms with E-state index in [1.54, 1.807) is 12.1 Å². The number of anilines is 1. The number of nitrogens with zero attached hydrogens (tertiary/aromatic N) is 3. The maximum atomic E-state index is 12.3. The Morgan fingerprint density at radius 1 is 1.25 bits per heavy atom. The molecule has 2 aliphatic heterocycles. The van der Waals surface area contributed by atoms with Gasteiger partial charge in [0.25, 0.3) is 11.8 Å². The van der Waals surface area contributed by atoms with Gasteiger partial charge in [0.2, 0.25) is 12.4 Å². The second-order valence-electron chi connectivity index (χ2n) is 7.51. The summed E-state index contributed by atoms with van der Waals surface area (Å²) in [4.78, 5) is 67.3. The van der Waals surface area contributed by atoms with Crippen LogP contribution in [0, 0.1) is 0 Å². The topological polar surface area (TPSA) is 253 Å². The molecular weight excluding hydrogens is 506 g/mol. The van der Waals surface area contributed by atoms with Crippen LogP contribution < -0.4 is 31.9 Å². The number of nitrogens with two attached hydrogens (primary N) is 1. The molecule has 0 bridgehead atoms. The molecule has 1 aromatic carbocycles. The quantitative estimate of drug-likeness (QED) is 0.166. The maximum Gasteiger partial charge on any atom is 2.00 e. The predicted molar refractivity (Wildman–Crippen MR) is 122 cm³/mol. The van der Waals surface area contributed by atoms with Crippen molar-refractivity contribution in [1.82, 2.24) is 15.5 Å². The number of guanidine groups is 1. The standard InChI is InChI=1S/C20H23N7O7.Ca.H2O/c21-20-25-16-15(18(32)26-20)27(9-28)12(8-23-16)7-22-11-3-1-10(2-4-11)17(31)24-13(19(33)34)5-6-14(29)30;;/h1-4,9,12-13,15,22H,5-8H2,(H,24,31)(H,29,30)(H,33,34)(H3,21,23,25,26,32);;1H2/q;+2;/p-2/t12?,13-,15?;;/m0../s1. The van der Waals surface area contributed by atoms with Crippen molar-refractivity contribution in [2.45, 2.75) is 31.0 Å². The number of hydrogen-bond acceptors (Lipinski definition) is 11. The number of carboxylic acids is 2. The van der Waals surface area contributed by atoms with Crippen molar-refractivity contribution in [1.29, 1.82) is 0 Å². The van der Waals surface area contributed by atoms with E-state index in [0.717, 1.165) is 0 Å². The van der Waals surface area contributed by atoms with Crippen LogP contribution in [0.5, 0.6) is 0 Å². The zero-order valence-electron chi connectivity index (χ0n) is 18.9. The number of nitrogens with one attached hydrogen (secondary N) is 3. The maximum absolute atomic E-state index is 12.3. The van der Waals surface area contributed by atoms with Crippen LogP contribution in [-0.2, 0) is 19.2 Å². The Kier molecular flexibility index (Phi) is 11.7. The van der Waals surface area contributed by atoms with Crippen molar-refractivity contribution in [2.75, 3.05) is 18.4 Å². The first-order valence-electron chi connectivity index (χ1n) is 10.2. The summed E-state index contributed by atoms with van der Waals surface area (Å²) in [5, 5.41) is 29.3. The minimum atomic E-state index is -1.61. The molecule has 0 saturated heterocycles. The number of carbonyl (C=O) groups excluding carboxylic acids is 5. The summed E-state index contributed by atoms with van der Waals surface area (Å²) in [6.07, 6.45) is -0.371. The second-order valence-corrected chi connectivity index (χ2v) is 7.51. The Morgan fingerprint density at radius 2 is 1.92 bits per heavy atom. The molecule has 0 radical (unpaired) electrons. The van der Waals surface area contributed by atoms with Crippen LogP contribution in [0.25, 0.3) is 0 Å². The van der Waals surface area contributed by atoms with Crippen molar-refractivity contribution < 1.29 is 39.7 Å². The van der Waals surface area contributed by atoms with E-state index in [-0.39, 0.29) is 80.1 Å². The molecule has 0 saturated carbocycles. The summed E-state index contributed by atoms with van der Waals surface area (Å²) in [5.74, 6) is -4.20. The van der Waals surface area contributed by atoms with Gasteiger partial charge in [0.1, 0.15) is 0 Å². The van der Waals surface area contributed by atoms with Crippen molar-refractivity contribution in [3.8, 4) is 0 Å². The number of carbonyl (C=O) groups is 5.